The number of nitrogens with one attached hydrogen (secondary N) is 1. The second-order valence-electron chi connectivity index (χ2n) is 6.99. The molecule has 170 valence electrons. The highest BCUT2D eigenvalue weighted by molar-refractivity contribution is 8.00. The summed E-state index contributed by atoms with van der Waals surface area (Å²) >= 11 is 1.07. The molecule has 4 rings (SSSR count). The van der Waals surface area contributed by atoms with Crippen molar-refractivity contribution >= 4 is 33.5 Å². The molecule has 13 heteroatoms. The molecular weight excluding hydrogens is 458 g/mol. The predicted octanol–water partition coefficient (Wildman–Crippen LogP) is 2.17. The zero-order valence-corrected chi connectivity index (χ0v) is 19.0. The van der Waals surface area contributed by atoms with E-state index in [4.69, 9.17) is 13.7 Å². The number of morpholine rings is 1. The van der Waals surface area contributed by atoms with Crippen LogP contribution < -0.4 is 5.32 Å². The number of anilines is 1. The highest BCUT2D eigenvalue weighted by Gasteiger charge is 2.27. The Hall–Kier alpha value is -2.74. The molecule has 11 nitrogen and oxygen atoms in total. The Balaban J connectivity index is 1.45. The van der Waals surface area contributed by atoms with Crippen LogP contribution in [-0.4, -0.2) is 65.5 Å². The van der Waals surface area contributed by atoms with Crippen molar-refractivity contribution in [3.63, 3.8) is 0 Å². The van der Waals surface area contributed by atoms with Gasteiger partial charge in [-0.3, -0.25) is 4.79 Å². The molecule has 1 N–H and O–H groups in total. The number of ether oxygens (including phenoxy) is 1. The van der Waals surface area contributed by atoms with Crippen LogP contribution in [0.4, 0.5) is 5.82 Å². The predicted molar refractivity (Wildman–Crippen MR) is 115 cm³/mol. The quantitative estimate of drug-likeness (QED) is 0.501. The van der Waals surface area contributed by atoms with Gasteiger partial charge in [-0.1, -0.05) is 23.0 Å². The maximum atomic E-state index is 12.9. The van der Waals surface area contributed by atoms with Gasteiger partial charge in [0.1, 0.15) is 5.76 Å². The van der Waals surface area contributed by atoms with Crippen LogP contribution in [0.15, 0.2) is 49.4 Å². The van der Waals surface area contributed by atoms with Crippen molar-refractivity contribution in [1.29, 1.82) is 0 Å². The van der Waals surface area contributed by atoms with E-state index in [1.807, 2.05) is 0 Å². The summed E-state index contributed by atoms with van der Waals surface area (Å²) in [4.78, 5) is 12.5. The topological polar surface area (TPSA) is 141 Å². The Morgan fingerprint density at radius 1 is 1.22 bits per heavy atom. The van der Waals surface area contributed by atoms with Crippen molar-refractivity contribution in [1.82, 2.24) is 19.7 Å². The number of hydrogen-bond acceptors (Lipinski definition) is 10. The molecule has 1 aliphatic rings. The number of aryl methyl sites for hydroxylation is 1. The summed E-state index contributed by atoms with van der Waals surface area (Å²) in [5, 5.41) is 14.0. The number of hydrogen-bond donors (Lipinski definition) is 1. The summed E-state index contributed by atoms with van der Waals surface area (Å²) in [6, 6.07) is 7.94. The highest BCUT2D eigenvalue weighted by atomic mass is 32.2. The molecule has 1 aliphatic heterocycles. The molecule has 0 saturated carbocycles. The zero-order valence-electron chi connectivity index (χ0n) is 17.3. The Bertz CT molecular complexity index is 1200. The van der Waals surface area contributed by atoms with E-state index in [0.717, 1.165) is 11.8 Å². The lowest BCUT2D eigenvalue weighted by molar-refractivity contribution is -0.115. The molecule has 2 aromatic heterocycles. The minimum atomic E-state index is -3.65. The molecule has 0 spiro atoms. The van der Waals surface area contributed by atoms with Crippen LogP contribution in [0.3, 0.4) is 0 Å². The summed E-state index contributed by atoms with van der Waals surface area (Å²) in [5.41, 5.74) is 0.467. The monoisotopic (exact) mass is 479 g/mol. The molecular formula is C19H21N5O6S2. The smallest absolute Gasteiger partial charge is 0.277 e. The molecule has 1 atom stereocenters. The third kappa shape index (κ3) is 5.01. The number of nitrogens with zero attached hydrogens (tertiary/aromatic N) is 4. The van der Waals surface area contributed by atoms with Gasteiger partial charge in [0.15, 0.2) is 5.82 Å². The molecule has 0 radical (unpaired) electrons. The van der Waals surface area contributed by atoms with E-state index in [-0.39, 0.29) is 21.9 Å². The van der Waals surface area contributed by atoms with Crippen molar-refractivity contribution in [2.45, 2.75) is 29.2 Å². The molecule has 1 saturated heterocycles. The van der Waals surface area contributed by atoms with Gasteiger partial charge in [0.05, 0.1) is 23.4 Å². The van der Waals surface area contributed by atoms with E-state index in [1.165, 1.54) is 16.4 Å². The number of rotatable bonds is 7. The van der Waals surface area contributed by atoms with Crippen LogP contribution in [0.25, 0.3) is 11.5 Å². The Morgan fingerprint density at radius 2 is 2.00 bits per heavy atom. The number of aromatic nitrogens is 3. The standard InChI is InChI=1S/C19H21N5O6S2/c1-12-10-16(23-30-12)20-17(25)13(2)31-19-22-21-18(29-19)14-4-3-5-15(11-14)32(26,27)24-6-8-28-9-7-24/h3-5,10-11,13H,6-9H2,1-2H3,(H,20,23,25). The largest absolute Gasteiger partial charge is 0.411 e. The first-order valence-corrected chi connectivity index (χ1v) is 12.1. The van der Waals surface area contributed by atoms with Gasteiger partial charge in [0.2, 0.25) is 21.8 Å². The maximum absolute atomic E-state index is 12.9. The third-order valence-electron chi connectivity index (χ3n) is 4.62. The van der Waals surface area contributed by atoms with Crippen molar-refractivity contribution < 1.29 is 26.9 Å². The van der Waals surface area contributed by atoms with Crippen LogP contribution in [0.1, 0.15) is 12.7 Å². The fourth-order valence-corrected chi connectivity index (χ4v) is 5.10. The lowest BCUT2D eigenvalue weighted by Crippen LogP contribution is -2.40. The summed E-state index contributed by atoms with van der Waals surface area (Å²) in [5.74, 6) is 0.761. The Morgan fingerprint density at radius 3 is 2.72 bits per heavy atom. The van der Waals surface area contributed by atoms with Gasteiger partial charge in [-0.15, -0.1) is 10.2 Å². The normalized spacial score (nSPS) is 16.1. The second kappa shape index (κ2) is 9.40. The number of amides is 1. The third-order valence-corrected chi connectivity index (χ3v) is 7.45. The number of thioether (sulfide) groups is 1. The second-order valence-corrected chi connectivity index (χ2v) is 10.2. The average molecular weight is 480 g/mol. The molecule has 1 amide bonds. The van der Waals surface area contributed by atoms with Crippen LogP contribution in [0.2, 0.25) is 0 Å². The first kappa shape index (κ1) is 22.5. The van der Waals surface area contributed by atoms with E-state index >= 15 is 0 Å². The van der Waals surface area contributed by atoms with Gasteiger partial charge >= 0.3 is 0 Å². The van der Waals surface area contributed by atoms with E-state index < -0.39 is 15.3 Å². The maximum Gasteiger partial charge on any atom is 0.277 e. The summed E-state index contributed by atoms with van der Waals surface area (Å²) in [7, 11) is -3.65. The van der Waals surface area contributed by atoms with E-state index in [0.29, 0.717) is 43.4 Å². The Labute approximate surface area is 188 Å². The van der Waals surface area contributed by atoms with Crippen molar-refractivity contribution in [2.24, 2.45) is 0 Å². The van der Waals surface area contributed by atoms with Crippen molar-refractivity contribution in [3.8, 4) is 11.5 Å². The van der Waals surface area contributed by atoms with E-state index in [2.05, 4.69) is 20.7 Å². The highest BCUT2D eigenvalue weighted by Crippen LogP contribution is 2.28. The van der Waals surface area contributed by atoms with Crippen LogP contribution in [0.5, 0.6) is 0 Å². The van der Waals surface area contributed by atoms with Gasteiger partial charge in [-0.05, 0) is 32.0 Å². The summed E-state index contributed by atoms with van der Waals surface area (Å²) in [6.07, 6.45) is 0. The van der Waals surface area contributed by atoms with Gasteiger partial charge in [0.25, 0.3) is 5.22 Å². The molecule has 32 heavy (non-hydrogen) atoms. The summed E-state index contributed by atoms with van der Waals surface area (Å²) in [6.45, 7) is 4.76. The van der Waals surface area contributed by atoms with Gasteiger partial charge in [-0.25, -0.2) is 8.42 Å². The molecule has 1 fully saturated rings. The first-order valence-electron chi connectivity index (χ1n) is 9.75. The van der Waals surface area contributed by atoms with Gasteiger partial charge < -0.3 is 19.0 Å². The number of carbonyl (C=O) groups excluding carboxylic acids is 1. The van der Waals surface area contributed by atoms with Crippen molar-refractivity contribution in [3.05, 3.63) is 36.1 Å². The van der Waals surface area contributed by atoms with Crippen LogP contribution in [0, 0.1) is 6.92 Å². The molecule has 1 aromatic carbocycles. The van der Waals surface area contributed by atoms with Crippen LogP contribution >= 0.6 is 11.8 Å². The van der Waals surface area contributed by atoms with Gasteiger partial charge in [0, 0.05) is 24.7 Å². The van der Waals surface area contributed by atoms with Gasteiger partial charge in [-0.2, -0.15) is 4.31 Å². The summed E-state index contributed by atoms with van der Waals surface area (Å²) < 4.78 is 43.0. The minimum Gasteiger partial charge on any atom is -0.411 e. The molecule has 0 bridgehead atoms. The first-order chi connectivity index (χ1) is 15.3. The average Bonchev–Trinajstić information content (AvgIpc) is 3.43. The van der Waals surface area contributed by atoms with E-state index in [9.17, 15) is 13.2 Å². The fourth-order valence-electron chi connectivity index (χ4n) is 2.96. The fraction of sp³-hybridized carbons (Fsp3) is 0.368. The molecule has 0 aliphatic carbocycles. The SMILES string of the molecule is Cc1cc(NC(=O)C(C)Sc2nnc(-c3cccc(S(=O)(=O)N4CCOCC4)c3)o2)no1. The number of sulfonamides is 1. The minimum absolute atomic E-state index is 0.139. The molecule has 3 aromatic rings. The molecule has 1 unspecified atom stereocenters. The Kier molecular flexibility index (Phi) is 6.60. The van der Waals surface area contributed by atoms with E-state index in [1.54, 1.807) is 32.0 Å². The lowest BCUT2D eigenvalue weighted by Gasteiger charge is -2.26. The zero-order chi connectivity index (χ0) is 22.7. The number of carbonyl (C=O) groups is 1. The lowest BCUT2D eigenvalue weighted by atomic mass is 10.2. The van der Waals surface area contributed by atoms with Crippen molar-refractivity contribution in [2.75, 3.05) is 31.6 Å². The molecule has 3 heterocycles. The van der Waals surface area contributed by atoms with Crippen LogP contribution in [-0.2, 0) is 19.6 Å². The number of benzene rings is 1.